The van der Waals surface area contributed by atoms with Crippen LogP contribution in [0.1, 0.15) is 42.4 Å². The molecule has 4 aromatic rings. The number of phenols is 2. The van der Waals surface area contributed by atoms with Gasteiger partial charge in [-0.25, -0.2) is 0 Å². The summed E-state index contributed by atoms with van der Waals surface area (Å²) in [5.41, 5.74) is 30.2. The zero-order valence-corrected chi connectivity index (χ0v) is 32.4. The van der Waals surface area contributed by atoms with Gasteiger partial charge in [0.1, 0.15) is 35.7 Å². The first-order valence-electron chi connectivity index (χ1n) is 18.9. The lowest BCUT2D eigenvalue weighted by Gasteiger charge is -2.26. The molecule has 4 rings (SSSR count). The summed E-state index contributed by atoms with van der Waals surface area (Å²) in [6, 6.07) is 14.5. The van der Waals surface area contributed by atoms with E-state index in [0.29, 0.717) is 11.1 Å². The average molecular weight is 813 g/mol. The second-order valence-corrected chi connectivity index (χ2v) is 13.9. The average Bonchev–Trinajstić information content (AvgIpc) is 3.60. The first-order chi connectivity index (χ1) is 28.2. The number of para-hydroxylation sites is 1. The molecule has 0 saturated heterocycles. The summed E-state index contributed by atoms with van der Waals surface area (Å²) in [5, 5.41) is 31.4. The van der Waals surface area contributed by atoms with Crippen LogP contribution in [0.3, 0.4) is 0 Å². The van der Waals surface area contributed by atoms with Crippen LogP contribution in [0.5, 0.6) is 11.5 Å². The van der Waals surface area contributed by atoms with Crippen LogP contribution >= 0.6 is 0 Å². The van der Waals surface area contributed by atoms with Crippen molar-refractivity contribution in [1.29, 1.82) is 0 Å². The molecule has 0 fully saturated rings. The van der Waals surface area contributed by atoms with Crippen LogP contribution in [-0.2, 0) is 43.2 Å². The Kier molecular flexibility index (Phi) is 16.4. The number of aromatic amines is 1. The second kappa shape index (κ2) is 21.8. The molecule has 0 spiro atoms. The number of amides is 5. The van der Waals surface area contributed by atoms with E-state index < -0.39 is 53.7 Å². The van der Waals surface area contributed by atoms with Crippen molar-refractivity contribution < 1.29 is 34.2 Å². The SMILES string of the molecule is NC(=O)[C@H](Cc1c[nH]c2ccccc12)NC(=O)[C@H](CCCN=C(N)N)NC(=O)[C@H](Cc1ccc(O)cc1)NC(=O)[C@H](Cc1ccc(O)cc1)NC(=O)CCCN=C(N)N. The molecule has 5 amide bonds. The third kappa shape index (κ3) is 14.6. The lowest BCUT2D eigenvalue weighted by atomic mass is 10.0. The predicted molar refractivity (Wildman–Crippen MR) is 222 cm³/mol. The van der Waals surface area contributed by atoms with E-state index in [2.05, 4.69) is 36.2 Å². The number of rotatable bonds is 22. The van der Waals surface area contributed by atoms with Gasteiger partial charge < -0.3 is 65.1 Å². The number of guanidine groups is 2. The van der Waals surface area contributed by atoms with Gasteiger partial charge in [-0.05, 0) is 66.3 Å². The Morgan fingerprint density at radius 1 is 0.593 bits per heavy atom. The molecule has 0 aliphatic carbocycles. The zero-order valence-electron chi connectivity index (χ0n) is 32.4. The molecule has 59 heavy (non-hydrogen) atoms. The summed E-state index contributed by atoms with van der Waals surface area (Å²) >= 11 is 0. The molecule has 314 valence electrons. The Hall–Kier alpha value is -7.31. The molecular formula is C40H52N12O7. The highest BCUT2D eigenvalue weighted by atomic mass is 16.3. The van der Waals surface area contributed by atoms with Crippen molar-refractivity contribution in [3.8, 4) is 11.5 Å². The fraction of sp³-hybridized carbons (Fsp3) is 0.325. The highest BCUT2D eigenvalue weighted by Crippen LogP contribution is 2.20. The van der Waals surface area contributed by atoms with Gasteiger partial charge >= 0.3 is 0 Å². The summed E-state index contributed by atoms with van der Waals surface area (Å²) < 4.78 is 0. The van der Waals surface area contributed by atoms with Crippen LogP contribution in [-0.4, -0.2) is 93.9 Å². The molecule has 3 aromatic carbocycles. The van der Waals surface area contributed by atoms with Gasteiger partial charge in [0.15, 0.2) is 11.9 Å². The van der Waals surface area contributed by atoms with Gasteiger partial charge in [0, 0.05) is 55.9 Å². The number of nitrogens with two attached hydrogens (primary N) is 5. The largest absolute Gasteiger partial charge is 0.508 e. The van der Waals surface area contributed by atoms with Crippen LogP contribution in [0.25, 0.3) is 10.9 Å². The number of aromatic nitrogens is 1. The number of nitrogens with one attached hydrogen (secondary N) is 5. The Balaban J connectivity index is 1.59. The van der Waals surface area contributed by atoms with E-state index in [9.17, 15) is 34.2 Å². The molecule has 1 heterocycles. The predicted octanol–water partition coefficient (Wildman–Crippen LogP) is -0.861. The smallest absolute Gasteiger partial charge is 0.243 e. The minimum Gasteiger partial charge on any atom is -0.508 e. The molecule has 4 atom stereocenters. The van der Waals surface area contributed by atoms with Crippen molar-refractivity contribution in [3.05, 3.63) is 95.7 Å². The first kappa shape index (κ1) is 44.4. The molecule has 0 bridgehead atoms. The number of hydrogen-bond donors (Lipinski definition) is 12. The van der Waals surface area contributed by atoms with E-state index in [-0.39, 0.29) is 81.5 Å². The van der Waals surface area contributed by atoms with E-state index in [4.69, 9.17) is 28.7 Å². The standard InChI is InChI=1S/C40H52N12O7/c41-35(56)31(21-25-22-48-29-6-2-1-5-28(25)29)51-36(57)30(7-3-17-46-39(42)43)50-38(59)33(20-24-11-15-27(54)16-12-24)52-37(58)32(19-23-9-13-26(53)14-10-23)49-34(55)8-4-18-47-40(44)45/h1-2,5-6,9-16,22,30-33,48,53-54H,3-4,7-8,17-21H2,(H2,41,56)(H,49,55)(H,50,59)(H,51,57)(H,52,58)(H4,42,43,46)(H4,44,45,47)/t30-,31-,32-,33-/m0/s1. The van der Waals surface area contributed by atoms with E-state index in [0.717, 1.165) is 16.5 Å². The van der Waals surface area contributed by atoms with Crippen LogP contribution in [0.4, 0.5) is 0 Å². The number of H-pyrrole nitrogens is 1. The van der Waals surface area contributed by atoms with Crippen molar-refractivity contribution in [1.82, 2.24) is 26.3 Å². The summed E-state index contributed by atoms with van der Waals surface area (Å²) in [5.74, 6) is -3.82. The number of benzene rings is 3. The van der Waals surface area contributed by atoms with E-state index in [1.807, 2.05) is 24.3 Å². The minimum absolute atomic E-state index is 0.00107. The Morgan fingerprint density at radius 2 is 1.08 bits per heavy atom. The second-order valence-electron chi connectivity index (χ2n) is 13.9. The van der Waals surface area contributed by atoms with Crippen LogP contribution in [0.15, 0.2) is 89.0 Å². The molecule has 0 unspecified atom stereocenters. The van der Waals surface area contributed by atoms with Crippen molar-refractivity contribution in [2.24, 2.45) is 38.7 Å². The first-order valence-corrected chi connectivity index (χ1v) is 18.9. The minimum atomic E-state index is -1.32. The number of carbonyl (C=O) groups excluding carboxylic acids is 5. The van der Waals surface area contributed by atoms with Gasteiger partial charge in [-0.15, -0.1) is 0 Å². The fourth-order valence-corrected chi connectivity index (χ4v) is 6.20. The van der Waals surface area contributed by atoms with Gasteiger partial charge in [-0.1, -0.05) is 42.5 Å². The maximum atomic E-state index is 14.2. The third-order valence-electron chi connectivity index (χ3n) is 9.23. The molecule has 0 radical (unpaired) electrons. The quantitative estimate of drug-likeness (QED) is 0.0263. The number of aliphatic imine (C=N–C) groups is 2. The Morgan fingerprint density at radius 3 is 1.64 bits per heavy atom. The van der Waals surface area contributed by atoms with Gasteiger partial charge in [0.25, 0.3) is 0 Å². The fourth-order valence-electron chi connectivity index (χ4n) is 6.20. The highest BCUT2D eigenvalue weighted by molar-refractivity contribution is 5.96. The summed E-state index contributed by atoms with van der Waals surface area (Å²) in [6.45, 7) is 0.304. The molecule has 19 nitrogen and oxygen atoms in total. The number of hydrogen-bond acceptors (Lipinski definition) is 9. The van der Waals surface area contributed by atoms with Crippen molar-refractivity contribution >= 4 is 52.4 Å². The number of primary amides is 1. The lowest BCUT2D eigenvalue weighted by Crippen LogP contribution is -2.59. The van der Waals surface area contributed by atoms with Crippen molar-refractivity contribution in [2.45, 2.75) is 69.1 Å². The van der Waals surface area contributed by atoms with E-state index >= 15 is 0 Å². The van der Waals surface area contributed by atoms with Gasteiger partial charge in [0.05, 0.1) is 0 Å². The van der Waals surface area contributed by atoms with Crippen LogP contribution in [0.2, 0.25) is 0 Å². The summed E-state index contributed by atoms with van der Waals surface area (Å²) in [4.78, 5) is 78.9. The van der Waals surface area contributed by atoms with Crippen LogP contribution < -0.4 is 49.9 Å². The van der Waals surface area contributed by atoms with Gasteiger partial charge in [-0.2, -0.15) is 0 Å². The van der Waals surface area contributed by atoms with Crippen LogP contribution in [0, 0.1) is 0 Å². The zero-order chi connectivity index (χ0) is 42.9. The van der Waals surface area contributed by atoms with Crippen molar-refractivity contribution in [3.63, 3.8) is 0 Å². The third-order valence-corrected chi connectivity index (χ3v) is 9.23. The maximum Gasteiger partial charge on any atom is 0.243 e. The number of nitrogens with zero attached hydrogens (tertiary/aromatic N) is 2. The van der Waals surface area contributed by atoms with E-state index in [1.54, 1.807) is 30.5 Å². The topological polar surface area (TPSA) is 345 Å². The monoisotopic (exact) mass is 812 g/mol. The van der Waals surface area contributed by atoms with Crippen molar-refractivity contribution in [2.75, 3.05) is 13.1 Å². The summed E-state index contributed by atoms with van der Waals surface area (Å²) in [7, 11) is 0. The number of carbonyl (C=O) groups is 5. The Labute approximate surface area is 340 Å². The number of phenolic OH excluding ortho intramolecular Hbond substituents is 2. The summed E-state index contributed by atoms with van der Waals surface area (Å²) in [6.07, 6.45) is 2.20. The van der Waals surface area contributed by atoms with Gasteiger partial charge in [0.2, 0.25) is 29.5 Å². The molecule has 0 aliphatic heterocycles. The maximum absolute atomic E-state index is 14.2. The number of fused-ring (bicyclic) bond motifs is 1. The molecular weight excluding hydrogens is 761 g/mol. The number of aromatic hydroxyl groups is 2. The molecule has 1 aromatic heterocycles. The molecule has 19 heteroatoms. The highest BCUT2D eigenvalue weighted by Gasteiger charge is 2.32. The lowest BCUT2D eigenvalue weighted by molar-refractivity contribution is -0.134. The normalized spacial score (nSPS) is 12.9. The Bertz CT molecular complexity index is 2110. The molecule has 0 saturated carbocycles. The molecule has 17 N–H and O–H groups in total. The molecule has 0 aliphatic rings. The van der Waals surface area contributed by atoms with E-state index in [1.165, 1.54) is 24.3 Å². The van der Waals surface area contributed by atoms with Gasteiger partial charge in [-0.3, -0.25) is 34.0 Å².